The fraction of sp³-hybridized carbons (Fsp3) is 0.800. The Kier molecular flexibility index (Phi) is 2.64. The van der Waals surface area contributed by atoms with Crippen LogP contribution in [0.4, 0.5) is 0 Å². The molecule has 4 unspecified atom stereocenters. The second kappa shape index (κ2) is 3.83. The molecule has 1 fully saturated rings. The SMILES string of the molecule is CC1(C)CCCC2(C)C3=C(C(=O)OC3)C(O)C(O)C12. The van der Waals surface area contributed by atoms with Gasteiger partial charge >= 0.3 is 5.97 Å². The molecule has 0 aromatic rings. The lowest BCUT2D eigenvalue weighted by molar-refractivity contribution is -0.139. The molecule has 0 amide bonds. The van der Waals surface area contributed by atoms with E-state index in [-0.39, 0.29) is 23.4 Å². The lowest BCUT2D eigenvalue weighted by atomic mass is 9.49. The van der Waals surface area contributed by atoms with Gasteiger partial charge in [0.1, 0.15) is 12.7 Å². The average molecular weight is 266 g/mol. The maximum atomic E-state index is 11.8. The first kappa shape index (κ1) is 13.1. The number of hydrogen-bond donors (Lipinski definition) is 2. The fourth-order valence-corrected chi connectivity index (χ4v) is 4.80. The number of cyclic esters (lactones) is 1. The zero-order valence-electron chi connectivity index (χ0n) is 11.8. The molecule has 0 radical (unpaired) electrons. The minimum absolute atomic E-state index is 0.0306. The van der Waals surface area contributed by atoms with Gasteiger partial charge in [0.05, 0.1) is 11.7 Å². The lowest BCUT2D eigenvalue weighted by Crippen LogP contribution is -2.57. The Morgan fingerprint density at radius 2 is 1.89 bits per heavy atom. The predicted molar refractivity (Wildman–Crippen MR) is 69.2 cm³/mol. The van der Waals surface area contributed by atoms with E-state index in [2.05, 4.69) is 20.8 Å². The second-order valence-electron chi connectivity index (χ2n) is 7.14. The highest BCUT2D eigenvalue weighted by Gasteiger charge is 2.59. The monoisotopic (exact) mass is 266 g/mol. The summed E-state index contributed by atoms with van der Waals surface area (Å²) in [5, 5.41) is 20.8. The molecule has 0 bridgehead atoms. The smallest absolute Gasteiger partial charge is 0.337 e. The summed E-state index contributed by atoms with van der Waals surface area (Å²) >= 11 is 0. The molecule has 2 N–H and O–H groups in total. The summed E-state index contributed by atoms with van der Waals surface area (Å²) in [6, 6.07) is 0. The molecule has 3 aliphatic rings. The van der Waals surface area contributed by atoms with Gasteiger partial charge in [-0.3, -0.25) is 0 Å². The molecule has 106 valence electrons. The lowest BCUT2D eigenvalue weighted by Gasteiger charge is -2.56. The molecule has 3 rings (SSSR count). The molecule has 4 nitrogen and oxygen atoms in total. The number of rotatable bonds is 0. The van der Waals surface area contributed by atoms with Crippen LogP contribution in [-0.4, -0.2) is 35.0 Å². The maximum Gasteiger partial charge on any atom is 0.337 e. The van der Waals surface area contributed by atoms with Gasteiger partial charge < -0.3 is 14.9 Å². The highest BCUT2D eigenvalue weighted by atomic mass is 16.5. The van der Waals surface area contributed by atoms with Crippen LogP contribution >= 0.6 is 0 Å². The number of ether oxygens (including phenoxy) is 1. The molecular weight excluding hydrogens is 244 g/mol. The van der Waals surface area contributed by atoms with E-state index in [4.69, 9.17) is 4.74 Å². The third-order valence-electron chi connectivity index (χ3n) is 5.59. The molecule has 1 aliphatic heterocycles. The van der Waals surface area contributed by atoms with E-state index >= 15 is 0 Å². The fourth-order valence-electron chi connectivity index (χ4n) is 4.80. The van der Waals surface area contributed by atoms with Crippen molar-refractivity contribution in [1.82, 2.24) is 0 Å². The van der Waals surface area contributed by atoms with Crippen molar-refractivity contribution in [2.45, 2.75) is 52.2 Å². The van der Waals surface area contributed by atoms with Crippen LogP contribution in [-0.2, 0) is 9.53 Å². The molecule has 4 heteroatoms. The third-order valence-corrected chi connectivity index (χ3v) is 5.59. The molecule has 19 heavy (non-hydrogen) atoms. The van der Waals surface area contributed by atoms with Crippen molar-refractivity contribution in [2.75, 3.05) is 6.61 Å². The Bertz CT molecular complexity index is 465. The van der Waals surface area contributed by atoms with Gasteiger partial charge in [0.25, 0.3) is 0 Å². The standard InChI is InChI=1S/C15H22O4/c1-14(2)5-4-6-15(3)8-7-19-13(18)9(8)10(16)11(17)12(14)15/h10-12,16-17H,4-7H2,1-3H3. The minimum atomic E-state index is -1.10. The van der Waals surface area contributed by atoms with E-state index in [0.717, 1.165) is 24.8 Å². The van der Waals surface area contributed by atoms with Crippen LogP contribution in [0.3, 0.4) is 0 Å². The summed E-state index contributed by atoms with van der Waals surface area (Å²) in [6.07, 6.45) is 1.08. The Labute approximate surface area is 113 Å². The van der Waals surface area contributed by atoms with E-state index in [9.17, 15) is 15.0 Å². The molecule has 1 saturated carbocycles. The molecule has 0 aromatic heterocycles. The van der Waals surface area contributed by atoms with Crippen LogP contribution in [0, 0.1) is 16.7 Å². The Balaban J connectivity index is 2.17. The minimum Gasteiger partial charge on any atom is -0.458 e. The number of aliphatic hydroxyl groups is 2. The summed E-state index contributed by atoms with van der Waals surface area (Å²) in [5.41, 5.74) is 0.969. The number of aliphatic hydroxyl groups excluding tert-OH is 2. The van der Waals surface area contributed by atoms with Crippen molar-refractivity contribution in [3.05, 3.63) is 11.1 Å². The first-order valence-electron chi connectivity index (χ1n) is 7.06. The van der Waals surface area contributed by atoms with Crippen molar-refractivity contribution < 1.29 is 19.7 Å². The van der Waals surface area contributed by atoms with E-state index in [1.54, 1.807) is 0 Å². The van der Waals surface area contributed by atoms with Crippen LogP contribution in [0.5, 0.6) is 0 Å². The van der Waals surface area contributed by atoms with Crippen molar-refractivity contribution in [1.29, 1.82) is 0 Å². The topological polar surface area (TPSA) is 66.8 Å². The summed E-state index contributed by atoms with van der Waals surface area (Å²) in [4.78, 5) is 11.8. The maximum absolute atomic E-state index is 11.8. The number of hydrogen-bond acceptors (Lipinski definition) is 4. The Morgan fingerprint density at radius 3 is 2.58 bits per heavy atom. The highest BCUT2D eigenvalue weighted by molar-refractivity contribution is 5.93. The average Bonchev–Trinajstić information content (AvgIpc) is 2.68. The Morgan fingerprint density at radius 1 is 1.21 bits per heavy atom. The summed E-state index contributed by atoms with van der Waals surface area (Å²) in [7, 11) is 0. The molecule has 0 spiro atoms. The van der Waals surface area contributed by atoms with Crippen molar-refractivity contribution in [3.8, 4) is 0 Å². The normalized spacial score (nSPS) is 44.7. The quantitative estimate of drug-likeness (QED) is 0.651. The summed E-state index contributed by atoms with van der Waals surface area (Å²) in [6.45, 7) is 6.69. The number of esters is 1. The zero-order valence-corrected chi connectivity index (χ0v) is 11.8. The van der Waals surface area contributed by atoms with Crippen LogP contribution in [0.15, 0.2) is 11.1 Å². The molecule has 1 heterocycles. The predicted octanol–water partition coefficient (Wildman–Crippen LogP) is 1.41. The third kappa shape index (κ3) is 1.56. The molecule has 0 aromatic carbocycles. The van der Waals surface area contributed by atoms with Crippen LogP contribution in [0.25, 0.3) is 0 Å². The molecule has 4 atom stereocenters. The molecule has 0 saturated heterocycles. The second-order valence-corrected chi connectivity index (χ2v) is 7.14. The number of fused-ring (bicyclic) bond motifs is 2. The van der Waals surface area contributed by atoms with Gasteiger partial charge in [-0.05, 0) is 29.2 Å². The van der Waals surface area contributed by atoms with Gasteiger partial charge in [0, 0.05) is 5.92 Å². The summed E-state index contributed by atoms with van der Waals surface area (Å²) < 4.78 is 5.12. The van der Waals surface area contributed by atoms with E-state index in [0.29, 0.717) is 5.57 Å². The van der Waals surface area contributed by atoms with Gasteiger partial charge in [-0.2, -0.15) is 0 Å². The van der Waals surface area contributed by atoms with E-state index in [1.807, 2.05) is 0 Å². The van der Waals surface area contributed by atoms with Gasteiger partial charge in [-0.25, -0.2) is 4.79 Å². The summed E-state index contributed by atoms with van der Waals surface area (Å²) in [5.74, 6) is -0.485. The van der Waals surface area contributed by atoms with Crippen LogP contribution in [0.1, 0.15) is 40.0 Å². The van der Waals surface area contributed by atoms with Gasteiger partial charge in [0.2, 0.25) is 0 Å². The first-order valence-corrected chi connectivity index (χ1v) is 7.06. The van der Waals surface area contributed by atoms with Crippen molar-refractivity contribution >= 4 is 5.97 Å². The Hall–Kier alpha value is -0.870. The van der Waals surface area contributed by atoms with Gasteiger partial charge in [0.15, 0.2) is 0 Å². The zero-order chi connectivity index (χ0) is 14.0. The molecular formula is C15H22O4. The largest absolute Gasteiger partial charge is 0.458 e. The molecule has 2 aliphatic carbocycles. The number of carbonyl (C=O) groups excluding carboxylic acids is 1. The van der Waals surface area contributed by atoms with Gasteiger partial charge in [-0.15, -0.1) is 0 Å². The van der Waals surface area contributed by atoms with Crippen LogP contribution in [0.2, 0.25) is 0 Å². The number of carbonyl (C=O) groups is 1. The van der Waals surface area contributed by atoms with Crippen molar-refractivity contribution in [2.24, 2.45) is 16.7 Å². The van der Waals surface area contributed by atoms with Crippen LogP contribution < -0.4 is 0 Å². The van der Waals surface area contributed by atoms with E-state index in [1.165, 1.54) is 0 Å². The first-order chi connectivity index (χ1) is 8.79. The van der Waals surface area contributed by atoms with Crippen molar-refractivity contribution in [3.63, 3.8) is 0 Å². The highest BCUT2D eigenvalue weighted by Crippen LogP contribution is 2.60. The van der Waals surface area contributed by atoms with Gasteiger partial charge in [-0.1, -0.05) is 27.2 Å². The van der Waals surface area contributed by atoms with E-state index < -0.39 is 18.2 Å².